The molecule has 1 N–H and O–H groups in total. The molecule has 3 aromatic rings. The van der Waals surface area contributed by atoms with Gasteiger partial charge in [0.2, 0.25) is 5.91 Å². The number of fused-ring (bicyclic) bond motifs is 1. The molecule has 0 spiro atoms. The predicted octanol–water partition coefficient (Wildman–Crippen LogP) is 3.58. The van der Waals surface area contributed by atoms with Gasteiger partial charge in [0, 0.05) is 31.6 Å². The molecule has 2 heterocycles. The molecule has 0 bridgehead atoms. The number of para-hydroxylation sites is 2. The maximum absolute atomic E-state index is 13.0. The number of rotatable bonds is 6. The third kappa shape index (κ3) is 4.95. The average Bonchev–Trinajstić information content (AvgIpc) is 3.11. The largest absolute Gasteiger partial charge is 0.352 e. The Labute approximate surface area is 183 Å². The second kappa shape index (κ2) is 9.33. The fraction of sp³-hybridized carbons (Fsp3) is 0.400. The highest BCUT2D eigenvalue weighted by Crippen LogP contribution is 2.19. The molecule has 0 saturated carbocycles. The molecule has 2 amide bonds. The number of imidazole rings is 1. The van der Waals surface area contributed by atoms with Crippen LogP contribution in [0, 0.1) is 12.8 Å². The van der Waals surface area contributed by atoms with Crippen molar-refractivity contribution in [2.24, 2.45) is 5.92 Å². The molecular weight excluding hydrogens is 388 g/mol. The van der Waals surface area contributed by atoms with Crippen molar-refractivity contribution < 1.29 is 9.59 Å². The van der Waals surface area contributed by atoms with Gasteiger partial charge in [0.25, 0.3) is 5.91 Å². The Morgan fingerprint density at radius 3 is 2.65 bits per heavy atom. The second-order valence-corrected chi connectivity index (χ2v) is 8.54. The summed E-state index contributed by atoms with van der Waals surface area (Å²) in [6.45, 7) is 6.62. The number of carbonyl (C=O) groups is 2. The zero-order valence-corrected chi connectivity index (χ0v) is 18.3. The molecule has 4 rings (SSSR count). The molecule has 6 heteroatoms. The van der Waals surface area contributed by atoms with Gasteiger partial charge in [-0.25, -0.2) is 4.98 Å². The molecule has 2 aromatic carbocycles. The highest BCUT2D eigenvalue weighted by molar-refractivity contribution is 5.94. The normalized spacial score (nSPS) is 14.7. The Morgan fingerprint density at radius 2 is 1.87 bits per heavy atom. The van der Waals surface area contributed by atoms with Crippen LogP contribution in [0.5, 0.6) is 0 Å². The lowest BCUT2D eigenvalue weighted by molar-refractivity contribution is -0.133. The van der Waals surface area contributed by atoms with Gasteiger partial charge in [0.15, 0.2) is 0 Å². The molecule has 6 nitrogen and oxygen atoms in total. The van der Waals surface area contributed by atoms with E-state index < -0.39 is 0 Å². The number of aromatic nitrogens is 2. The third-order valence-electron chi connectivity index (χ3n) is 6.08. The monoisotopic (exact) mass is 418 g/mol. The molecule has 1 saturated heterocycles. The molecule has 0 radical (unpaired) electrons. The quantitative estimate of drug-likeness (QED) is 0.665. The topological polar surface area (TPSA) is 67.2 Å². The van der Waals surface area contributed by atoms with Gasteiger partial charge < -0.3 is 14.8 Å². The number of amides is 2. The minimum atomic E-state index is -0.0927. The SMILES string of the molecule is Cc1cccc(C(=O)NCCc2nc3ccccc3n2CC(=O)N2CCC(C)CC2)c1. The van der Waals surface area contributed by atoms with Crippen molar-refractivity contribution in [1.29, 1.82) is 0 Å². The first-order valence-electron chi connectivity index (χ1n) is 11.1. The number of benzene rings is 2. The smallest absolute Gasteiger partial charge is 0.251 e. The molecule has 1 aliphatic rings. The highest BCUT2D eigenvalue weighted by atomic mass is 16.2. The lowest BCUT2D eigenvalue weighted by Crippen LogP contribution is -2.40. The summed E-state index contributed by atoms with van der Waals surface area (Å²) in [4.78, 5) is 32.1. The number of nitrogens with zero attached hydrogens (tertiary/aromatic N) is 3. The summed E-state index contributed by atoms with van der Waals surface area (Å²) in [6.07, 6.45) is 2.69. The fourth-order valence-electron chi connectivity index (χ4n) is 4.16. The standard InChI is InChI=1S/C25H30N4O2/c1-18-11-14-28(15-12-18)24(30)17-29-22-9-4-3-8-21(22)27-23(29)10-13-26-25(31)20-7-5-6-19(2)16-20/h3-9,16,18H,10-15,17H2,1-2H3,(H,26,31). The van der Waals surface area contributed by atoms with E-state index >= 15 is 0 Å². The summed E-state index contributed by atoms with van der Waals surface area (Å²) < 4.78 is 2.01. The van der Waals surface area contributed by atoms with Crippen molar-refractivity contribution >= 4 is 22.8 Å². The number of nitrogens with one attached hydrogen (secondary N) is 1. The summed E-state index contributed by atoms with van der Waals surface area (Å²) in [5.41, 5.74) is 3.55. The molecule has 162 valence electrons. The highest BCUT2D eigenvalue weighted by Gasteiger charge is 2.22. The van der Waals surface area contributed by atoms with Crippen LogP contribution in [0.25, 0.3) is 11.0 Å². The lowest BCUT2D eigenvalue weighted by atomic mass is 9.99. The van der Waals surface area contributed by atoms with Crippen molar-refractivity contribution in [3.63, 3.8) is 0 Å². The van der Waals surface area contributed by atoms with Crippen molar-refractivity contribution in [1.82, 2.24) is 19.8 Å². The Kier molecular flexibility index (Phi) is 6.35. The van der Waals surface area contributed by atoms with Crippen LogP contribution in [0.2, 0.25) is 0 Å². The van der Waals surface area contributed by atoms with E-state index in [1.165, 1.54) is 0 Å². The van der Waals surface area contributed by atoms with E-state index in [1.807, 2.05) is 64.9 Å². The summed E-state index contributed by atoms with van der Waals surface area (Å²) in [6, 6.07) is 15.4. The zero-order valence-electron chi connectivity index (χ0n) is 18.3. The Hall–Kier alpha value is -3.15. The maximum atomic E-state index is 13.0. The number of hydrogen-bond acceptors (Lipinski definition) is 3. The number of piperidine rings is 1. The van der Waals surface area contributed by atoms with Crippen LogP contribution >= 0.6 is 0 Å². The van der Waals surface area contributed by atoms with Crippen LogP contribution in [-0.2, 0) is 17.8 Å². The van der Waals surface area contributed by atoms with Gasteiger partial charge >= 0.3 is 0 Å². The van der Waals surface area contributed by atoms with Crippen molar-refractivity contribution in [3.8, 4) is 0 Å². The number of carbonyl (C=O) groups excluding carboxylic acids is 2. The molecule has 0 unspecified atom stereocenters. The van der Waals surface area contributed by atoms with Crippen LogP contribution in [0.1, 0.15) is 41.5 Å². The summed E-state index contributed by atoms with van der Waals surface area (Å²) in [5.74, 6) is 1.56. The molecule has 0 atom stereocenters. The molecule has 31 heavy (non-hydrogen) atoms. The first kappa shape index (κ1) is 21.1. The summed E-state index contributed by atoms with van der Waals surface area (Å²) in [5, 5.41) is 2.98. The van der Waals surface area contributed by atoms with E-state index in [9.17, 15) is 9.59 Å². The number of hydrogen-bond donors (Lipinski definition) is 1. The Morgan fingerprint density at radius 1 is 1.10 bits per heavy atom. The van der Waals surface area contributed by atoms with E-state index in [-0.39, 0.29) is 18.4 Å². The van der Waals surface area contributed by atoms with Gasteiger partial charge in [-0.3, -0.25) is 9.59 Å². The molecule has 1 fully saturated rings. The van der Waals surface area contributed by atoms with E-state index in [4.69, 9.17) is 4.98 Å². The van der Waals surface area contributed by atoms with Crippen LogP contribution in [-0.4, -0.2) is 45.9 Å². The van der Waals surface area contributed by atoms with Crippen LogP contribution in [0.4, 0.5) is 0 Å². The van der Waals surface area contributed by atoms with E-state index in [2.05, 4.69) is 12.2 Å². The van der Waals surface area contributed by atoms with E-state index in [1.54, 1.807) is 0 Å². The molecule has 1 aromatic heterocycles. The summed E-state index contributed by atoms with van der Waals surface area (Å²) >= 11 is 0. The summed E-state index contributed by atoms with van der Waals surface area (Å²) in [7, 11) is 0. The fourth-order valence-corrected chi connectivity index (χ4v) is 4.16. The van der Waals surface area contributed by atoms with Gasteiger partial charge in [0.05, 0.1) is 11.0 Å². The second-order valence-electron chi connectivity index (χ2n) is 8.54. The van der Waals surface area contributed by atoms with E-state index in [0.29, 0.717) is 24.4 Å². The zero-order chi connectivity index (χ0) is 21.8. The average molecular weight is 419 g/mol. The van der Waals surface area contributed by atoms with Gasteiger partial charge in [-0.15, -0.1) is 0 Å². The van der Waals surface area contributed by atoms with Gasteiger partial charge in [-0.05, 0) is 49.9 Å². The Bertz CT molecular complexity index is 1080. The van der Waals surface area contributed by atoms with Crippen LogP contribution in [0.15, 0.2) is 48.5 Å². The maximum Gasteiger partial charge on any atom is 0.251 e. The van der Waals surface area contributed by atoms with Crippen LogP contribution < -0.4 is 5.32 Å². The van der Waals surface area contributed by atoms with Gasteiger partial charge in [-0.1, -0.05) is 36.8 Å². The van der Waals surface area contributed by atoms with Crippen molar-refractivity contribution in [2.45, 2.75) is 39.7 Å². The molecular formula is C25H30N4O2. The third-order valence-corrected chi connectivity index (χ3v) is 6.08. The van der Waals surface area contributed by atoms with Crippen molar-refractivity contribution in [3.05, 3.63) is 65.5 Å². The van der Waals surface area contributed by atoms with E-state index in [0.717, 1.165) is 48.4 Å². The minimum absolute atomic E-state index is 0.0927. The number of aryl methyl sites for hydroxylation is 1. The first-order chi connectivity index (χ1) is 15.0. The molecule has 1 aliphatic heterocycles. The van der Waals surface area contributed by atoms with Crippen LogP contribution in [0.3, 0.4) is 0 Å². The Balaban J connectivity index is 1.46. The van der Waals surface area contributed by atoms with Gasteiger partial charge in [-0.2, -0.15) is 0 Å². The van der Waals surface area contributed by atoms with Crippen molar-refractivity contribution in [2.75, 3.05) is 19.6 Å². The predicted molar refractivity (Wildman–Crippen MR) is 122 cm³/mol. The first-order valence-corrected chi connectivity index (χ1v) is 11.1. The molecule has 0 aliphatic carbocycles. The minimum Gasteiger partial charge on any atom is -0.352 e. The van der Waals surface area contributed by atoms with Gasteiger partial charge in [0.1, 0.15) is 12.4 Å². The number of likely N-dealkylation sites (tertiary alicyclic amines) is 1. The lowest BCUT2D eigenvalue weighted by Gasteiger charge is -2.30.